The first-order valence-electron chi connectivity index (χ1n) is 10.1. The van der Waals surface area contributed by atoms with Gasteiger partial charge in [-0.2, -0.15) is 0 Å². The zero-order chi connectivity index (χ0) is 20.6. The van der Waals surface area contributed by atoms with Crippen LogP contribution in [0.25, 0.3) is 6.08 Å². The molecule has 0 radical (unpaired) electrons. The molecule has 0 spiro atoms. The van der Waals surface area contributed by atoms with E-state index in [1.54, 1.807) is 24.3 Å². The first kappa shape index (κ1) is 20.6. The van der Waals surface area contributed by atoms with Crippen molar-refractivity contribution < 1.29 is 14.0 Å². The van der Waals surface area contributed by atoms with Crippen LogP contribution in [-0.4, -0.2) is 18.4 Å². The molecule has 1 aliphatic rings. The molecule has 0 saturated carbocycles. The summed E-state index contributed by atoms with van der Waals surface area (Å²) < 4.78 is 5.32. The highest BCUT2D eigenvalue weighted by Gasteiger charge is 2.16. The third-order valence-corrected chi connectivity index (χ3v) is 5.21. The SMILES string of the molecule is Cc1ccc(C(=O)N/C(=C\c2ccco2)C(=O)NCCC2=CCCCC2)cc1C. The Labute approximate surface area is 171 Å². The van der Waals surface area contributed by atoms with Crippen molar-refractivity contribution in [3.8, 4) is 0 Å². The van der Waals surface area contributed by atoms with E-state index in [2.05, 4.69) is 16.7 Å². The molecule has 0 unspecified atom stereocenters. The summed E-state index contributed by atoms with van der Waals surface area (Å²) in [5.41, 5.74) is 4.22. The van der Waals surface area contributed by atoms with Gasteiger partial charge in [-0.25, -0.2) is 0 Å². The summed E-state index contributed by atoms with van der Waals surface area (Å²) in [6.07, 6.45) is 10.9. The molecule has 152 valence electrons. The smallest absolute Gasteiger partial charge is 0.267 e. The normalized spacial score (nSPS) is 14.3. The fourth-order valence-electron chi connectivity index (χ4n) is 3.31. The van der Waals surface area contributed by atoms with Crippen molar-refractivity contribution in [2.45, 2.75) is 46.0 Å². The summed E-state index contributed by atoms with van der Waals surface area (Å²) in [6, 6.07) is 8.96. The van der Waals surface area contributed by atoms with Gasteiger partial charge in [0.2, 0.25) is 0 Å². The minimum atomic E-state index is -0.324. The highest BCUT2D eigenvalue weighted by atomic mass is 16.3. The molecule has 3 rings (SSSR count). The van der Waals surface area contributed by atoms with Crippen LogP contribution in [0.4, 0.5) is 0 Å². The van der Waals surface area contributed by atoms with E-state index in [1.165, 1.54) is 24.7 Å². The number of allylic oxidation sites excluding steroid dienone is 1. The van der Waals surface area contributed by atoms with E-state index in [-0.39, 0.29) is 17.5 Å². The lowest BCUT2D eigenvalue weighted by Crippen LogP contribution is -2.35. The van der Waals surface area contributed by atoms with Crippen LogP contribution in [0.1, 0.15) is 59.3 Å². The van der Waals surface area contributed by atoms with Gasteiger partial charge in [0.25, 0.3) is 11.8 Å². The van der Waals surface area contributed by atoms with Gasteiger partial charge in [-0.15, -0.1) is 0 Å². The van der Waals surface area contributed by atoms with E-state index >= 15 is 0 Å². The molecule has 2 amide bonds. The highest BCUT2D eigenvalue weighted by Crippen LogP contribution is 2.19. The van der Waals surface area contributed by atoms with Crippen LogP contribution in [0.3, 0.4) is 0 Å². The third kappa shape index (κ3) is 5.95. The quantitative estimate of drug-likeness (QED) is 0.531. The van der Waals surface area contributed by atoms with Gasteiger partial charge in [0.15, 0.2) is 0 Å². The van der Waals surface area contributed by atoms with Gasteiger partial charge in [0.05, 0.1) is 6.26 Å². The predicted octanol–water partition coefficient (Wildman–Crippen LogP) is 4.67. The van der Waals surface area contributed by atoms with E-state index in [0.717, 1.165) is 30.4 Å². The van der Waals surface area contributed by atoms with Crippen molar-refractivity contribution in [1.82, 2.24) is 10.6 Å². The third-order valence-electron chi connectivity index (χ3n) is 5.21. The minimum absolute atomic E-state index is 0.167. The number of benzene rings is 1. The fraction of sp³-hybridized carbons (Fsp3) is 0.333. The van der Waals surface area contributed by atoms with Crippen molar-refractivity contribution in [2.75, 3.05) is 6.54 Å². The molecule has 1 aromatic carbocycles. The van der Waals surface area contributed by atoms with Gasteiger partial charge in [-0.05, 0) is 81.3 Å². The summed E-state index contributed by atoms with van der Waals surface area (Å²) in [6.45, 7) is 4.49. The summed E-state index contributed by atoms with van der Waals surface area (Å²) in [7, 11) is 0. The van der Waals surface area contributed by atoms with E-state index < -0.39 is 0 Å². The summed E-state index contributed by atoms with van der Waals surface area (Å²) in [5.74, 6) is -0.142. The first-order chi connectivity index (χ1) is 14.0. The van der Waals surface area contributed by atoms with Gasteiger partial charge >= 0.3 is 0 Å². The number of carbonyl (C=O) groups is 2. The van der Waals surface area contributed by atoms with E-state index in [1.807, 2.05) is 26.0 Å². The Morgan fingerprint density at radius 3 is 2.69 bits per heavy atom. The molecule has 0 bridgehead atoms. The molecule has 0 aliphatic heterocycles. The van der Waals surface area contributed by atoms with Gasteiger partial charge in [-0.1, -0.05) is 17.7 Å². The Hall–Kier alpha value is -3.08. The standard InChI is InChI=1S/C24H28N2O3/c1-17-10-11-20(15-18(17)2)23(27)26-22(16-21-9-6-14-29-21)24(28)25-13-12-19-7-4-3-5-8-19/h6-7,9-11,14-16H,3-5,8,12-13H2,1-2H3,(H,25,28)(H,26,27)/b22-16-. The minimum Gasteiger partial charge on any atom is -0.465 e. The van der Waals surface area contributed by atoms with Crippen molar-refractivity contribution in [1.29, 1.82) is 0 Å². The molecule has 1 aliphatic carbocycles. The average molecular weight is 392 g/mol. The summed E-state index contributed by atoms with van der Waals surface area (Å²) >= 11 is 0. The van der Waals surface area contributed by atoms with Gasteiger partial charge < -0.3 is 15.1 Å². The van der Waals surface area contributed by atoms with E-state index in [0.29, 0.717) is 17.9 Å². The fourth-order valence-corrected chi connectivity index (χ4v) is 3.31. The molecule has 0 saturated heterocycles. The molecule has 5 heteroatoms. The van der Waals surface area contributed by atoms with Crippen molar-refractivity contribution in [2.24, 2.45) is 0 Å². The second kappa shape index (κ2) is 9.92. The number of hydrogen-bond donors (Lipinski definition) is 2. The molecule has 5 nitrogen and oxygen atoms in total. The van der Waals surface area contributed by atoms with Crippen LogP contribution in [0.2, 0.25) is 0 Å². The van der Waals surface area contributed by atoms with Gasteiger partial charge in [0.1, 0.15) is 11.5 Å². The molecule has 2 N–H and O–H groups in total. The van der Waals surface area contributed by atoms with Crippen molar-refractivity contribution in [3.05, 3.63) is 76.4 Å². The van der Waals surface area contributed by atoms with Crippen LogP contribution in [0, 0.1) is 13.8 Å². The number of aryl methyl sites for hydroxylation is 2. The molecular formula is C24H28N2O3. The van der Waals surface area contributed by atoms with E-state index in [9.17, 15) is 9.59 Å². The molecule has 29 heavy (non-hydrogen) atoms. The Kier molecular flexibility index (Phi) is 7.06. The second-order valence-corrected chi connectivity index (χ2v) is 7.44. The monoisotopic (exact) mass is 392 g/mol. The molecular weight excluding hydrogens is 364 g/mol. The lowest BCUT2D eigenvalue weighted by atomic mass is 9.97. The maximum absolute atomic E-state index is 12.7. The van der Waals surface area contributed by atoms with E-state index in [4.69, 9.17) is 4.42 Å². The molecule has 1 aromatic heterocycles. The Morgan fingerprint density at radius 1 is 1.14 bits per heavy atom. The Morgan fingerprint density at radius 2 is 2.00 bits per heavy atom. The zero-order valence-corrected chi connectivity index (χ0v) is 17.1. The lowest BCUT2D eigenvalue weighted by Gasteiger charge is -2.14. The number of nitrogens with one attached hydrogen (secondary N) is 2. The van der Waals surface area contributed by atoms with Crippen LogP contribution in [0.5, 0.6) is 0 Å². The predicted molar refractivity (Wildman–Crippen MR) is 114 cm³/mol. The first-order valence-corrected chi connectivity index (χ1v) is 10.1. The van der Waals surface area contributed by atoms with Crippen LogP contribution < -0.4 is 10.6 Å². The largest absolute Gasteiger partial charge is 0.465 e. The lowest BCUT2D eigenvalue weighted by molar-refractivity contribution is -0.117. The Bertz CT molecular complexity index is 924. The Balaban J connectivity index is 1.68. The van der Waals surface area contributed by atoms with Crippen LogP contribution in [-0.2, 0) is 4.79 Å². The van der Waals surface area contributed by atoms with Crippen LogP contribution >= 0.6 is 0 Å². The van der Waals surface area contributed by atoms with Gasteiger partial charge in [0, 0.05) is 18.2 Å². The number of amides is 2. The molecule has 0 fully saturated rings. The van der Waals surface area contributed by atoms with Crippen molar-refractivity contribution in [3.63, 3.8) is 0 Å². The maximum atomic E-state index is 12.7. The zero-order valence-electron chi connectivity index (χ0n) is 17.1. The highest BCUT2D eigenvalue weighted by molar-refractivity contribution is 6.05. The number of rotatable bonds is 7. The number of carbonyl (C=O) groups excluding carboxylic acids is 2. The topological polar surface area (TPSA) is 71.3 Å². The summed E-state index contributed by atoms with van der Waals surface area (Å²) in [4.78, 5) is 25.4. The maximum Gasteiger partial charge on any atom is 0.267 e. The van der Waals surface area contributed by atoms with Crippen molar-refractivity contribution >= 4 is 17.9 Å². The summed E-state index contributed by atoms with van der Waals surface area (Å²) in [5, 5.41) is 5.66. The average Bonchev–Trinajstić information content (AvgIpc) is 3.23. The molecule has 0 atom stereocenters. The molecule has 1 heterocycles. The number of furan rings is 1. The van der Waals surface area contributed by atoms with Crippen LogP contribution in [0.15, 0.2) is 58.4 Å². The van der Waals surface area contributed by atoms with Gasteiger partial charge in [-0.3, -0.25) is 9.59 Å². The second-order valence-electron chi connectivity index (χ2n) is 7.44. The number of hydrogen-bond acceptors (Lipinski definition) is 3. The molecule has 2 aromatic rings.